The fourth-order valence-electron chi connectivity index (χ4n) is 2.03. The molecule has 4 heteroatoms. The standard InChI is InChI=1S/C16H18N2O2/c1-10-7-8-13(14(19)9-10)17-16(20)18-15-11(2)5-4-6-12(15)3/h4-9,19H,1-3H3,(H2,17,18,20). The van der Waals surface area contributed by atoms with E-state index < -0.39 is 0 Å². The molecule has 0 aliphatic heterocycles. The summed E-state index contributed by atoms with van der Waals surface area (Å²) in [6.07, 6.45) is 0. The Morgan fingerprint density at radius 2 is 1.65 bits per heavy atom. The van der Waals surface area contributed by atoms with Crippen LogP contribution in [0.2, 0.25) is 0 Å². The second-order valence-corrected chi connectivity index (χ2v) is 4.87. The average Bonchev–Trinajstić information content (AvgIpc) is 2.37. The number of carbonyl (C=O) groups excluding carboxylic acids is 1. The van der Waals surface area contributed by atoms with Crippen molar-refractivity contribution >= 4 is 17.4 Å². The van der Waals surface area contributed by atoms with E-state index in [9.17, 15) is 9.90 Å². The Hall–Kier alpha value is -2.49. The number of urea groups is 1. The molecule has 0 aromatic heterocycles. The van der Waals surface area contributed by atoms with Gasteiger partial charge in [0.2, 0.25) is 0 Å². The number of carbonyl (C=O) groups is 1. The maximum atomic E-state index is 12.0. The first-order valence-corrected chi connectivity index (χ1v) is 6.41. The molecule has 0 atom stereocenters. The molecule has 104 valence electrons. The van der Waals surface area contributed by atoms with Gasteiger partial charge < -0.3 is 15.7 Å². The predicted molar refractivity (Wildman–Crippen MR) is 81.4 cm³/mol. The first-order chi connectivity index (χ1) is 9.47. The first-order valence-electron chi connectivity index (χ1n) is 6.41. The van der Waals surface area contributed by atoms with Gasteiger partial charge >= 0.3 is 6.03 Å². The van der Waals surface area contributed by atoms with Crippen LogP contribution in [0.3, 0.4) is 0 Å². The number of hydrogen-bond acceptors (Lipinski definition) is 2. The van der Waals surface area contributed by atoms with Crippen molar-refractivity contribution in [2.45, 2.75) is 20.8 Å². The van der Waals surface area contributed by atoms with Crippen LogP contribution in [0.4, 0.5) is 16.2 Å². The number of benzene rings is 2. The fourth-order valence-corrected chi connectivity index (χ4v) is 2.03. The van der Waals surface area contributed by atoms with E-state index in [4.69, 9.17) is 0 Å². The molecule has 0 radical (unpaired) electrons. The van der Waals surface area contributed by atoms with Crippen molar-refractivity contribution in [3.05, 3.63) is 53.1 Å². The van der Waals surface area contributed by atoms with Gasteiger partial charge in [-0.05, 0) is 49.6 Å². The van der Waals surface area contributed by atoms with Crippen molar-refractivity contribution in [2.24, 2.45) is 0 Å². The van der Waals surface area contributed by atoms with Crippen molar-refractivity contribution in [2.75, 3.05) is 10.6 Å². The Morgan fingerprint density at radius 3 is 2.25 bits per heavy atom. The van der Waals surface area contributed by atoms with Crippen molar-refractivity contribution in [3.63, 3.8) is 0 Å². The lowest BCUT2D eigenvalue weighted by Crippen LogP contribution is -2.20. The first kappa shape index (κ1) is 13.9. The minimum atomic E-state index is -0.374. The molecule has 0 bridgehead atoms. The van der Waals surface area contributed by atoms with E-state index in [1.165, 1.54) is 0 Å². The van der Waals surface area contributed by atoms with Gasteiger partial charge in [-0.3, -0.25) is 0 Å². The summed E-state index contributed by atoms with van der Waals surface area (Å²) >= 11 is 0. The molecule has 2 rings (SSSR count). The minimum Gasteiger partial charge on any atom is -0.506 e. The molecular weight excluding hydrogens is 252 g/mol. The molecule has 0 aliphatic rings. The summed E-state index contributed by atoms with van der Waals surface area (Å²) in [6.45, 7) is 5.75. The summed E-state index contributed by atoms with van der Waals surface area (Å²) in [5.41, 5.74) is 4.10. The molecule has 2 amide bonds. The number of aromatic hydroxyl groups is 1. The molecule has 2 aromatic carbocycles. The quantitative estimate of drug-likeness (QED) is 0.723. The van der Waals surface area contributed by atoms with Gasteiger partial charge in [-0.2, -0.15) is 0 Å². The predicted octanol–water partition coefficient (Wildman–Crippen LogP) is 3.96. The lowest BCUT2D eigenvalue weighted by atomic mass is 10.1. The number of aryl methyl sites for hydroxylation is 3. The molecule has 0 saturated carbocycles. The third-order valence-corrected chi connectivity index (χ3v) is 3.12. The van der Waals surface area contributed by atoms with Gasteiger partial charge in [0, 0.05) is 5.69 Å². The van der Waals surface area contributed by atoms with Gasteiger partial charge in [0.25, 0.3) is 0 Å². The summed E-state index contributed by atoms with van der Waals surface area (Å²) in [7, 11) is 0. The summed E-state index contributed by atoms with van der Waals surface area (Å²) in [4.78, 5) is 12.0. The van der Waals surface area contributed by atoms with E-state index in [0.717, 1.165) is 22.4 Å². The van der Waals surface area contributed by atoms with Gasteiger partial charge in [0.15, 0.2) is 0 Å². The van der Waals surface area contributed by atoms with Crippen LogP contribution in [0.1, 0.15) is 16.7 Å². The highest BCUT2D eigenvalue weighted by molar-refractivity contribution is 6.01. The number of anilines is 2. The molecule has 2 aromatic rings. The fraction of sp³-hybridized carbons (Fsp3) is 0.188. The van der Waals surface area contributed by atoms with Crippen LogP contribution in [0, 0.1) is 20.8 Å². The van der Waals surface area contributed by atoms with Crippen LogP contribution in [-0.2, 0) is 0 Å². The highest BCUT2D eigenvalue weighted by Crippen LogP contribution is 2.25. The number of para-hydroxylation sites is 1. The Morgan fingerprint density at radius 1 is 1.00 bits per heavy atom. The Kier molecular flexibility index (Phi) is 3.94. The summed E-state index contributed by atoms with van der Waals surface area (Å²) in [6, 6.07) is 10.6. The zero-order valence-corrected chi connectivity index (χ0v) is 11.8. The highest BCUT2D eigenvalue weighted by Gasteiger charge is 2.09. The molecule has 0 fully saturated rings. The van der Waals surface area contributed by atoms with Gasteiger partial charge in [0.1, 0.15) is 5.75 Å². The van der Waals surface area contributed by atoms with Gasteiger partial charge in [-0.1, -0.05) is 24.3 Å². The number of phenols is 1. The molecular formula is C16H18N2O2. The van der Waals surface area contributed by atoms with Crippen molar-refractivity contribution in [1.82, 2.24) is 0 Å². The molecule has 0 saturated heterocycles. The Bertz CT molecular complexity index is 631. The Balaban J connectivity index is 2.13. The molecule has 4 nitrogen and oxygen atoms in total. The average molecular weight is 270 g/mol. The molecule has 0 unspecified atom stereocenters. The Labute approximate surface area is 118 Å². The van der Waals surface area contributed by atoms with Crippen molar-refractivity contribution < 1.29 is 9.90 Å². The van der Waals surface area contributed by atoms with Gasteiger partial charge in [0.05, 0.1) is 5.69 Å². The molecule has 0 spiro atoms. The maximum absolute atomic E-state index is 12.0. The van der Waals surface area contributed by atoms with Crippen LogP contribution >= 0.6 is 0 Å². The minimum absolute atomic E-state index is 0.0571. The zero-order chi connectivity index (χ0) is 14.7. The van der Waals surface area contributed by atoms with Crippen LogP contribution in [0.5, 0.6) is 5.75 Å². The van der Waals surface area contributed by atoms with E-state index in [-0.39, 0.29) is 11.8 Å². The third-order valence-electron chi connectivity index (χ3n) is 3.12. The van der Waals surface area contributed by atoms with Gasteiger partial charge in [-0.15, -0.1) is 0 Å². The highest BCUT2D eigenvalue weighted by atomic mass is 16.3. The van der Waals surface area contributed by atoms with E-state index in [0.29, 0.717) is 5.69 Å². The van der Waals surface area contributed by atoms with Gasteiger partial charge in [-0.25, -0.2) is 4.79 Å². The second kappa shape index (κ2) is 5.65. The van der Waals surface area contributed by atoms with E-state index in [1.54, 1.807) is 12.1 Å². The summed E-state index contributed by atoms with van der Waals surface area (Å²) < 4.78 is 0. The summed E-state index contributed by atoms with van der Waals surface area (Å²) in [5, 5.41) is 15.2. The largest absolute Gasteiger partial charge is 0.506 e. The van der Waals surface area contributed by atoms with Crippen molar-refractivity contribution in [3.8, 4) is 5.75 Å². The second-order valence-electron chi connectivity index (χ2n) is 4.87. The number of rotatable bonds is 2. The molecule has 20 heavy (non-hydrogen) atoms. The number of hydrogen-bond donors (Lipinski definition) is 3. The monoisotopic (exact) mass is 270 g/mol. The van der Waals surface area contributed by atoms with Crippen molar-refractivity contribution in [1.29, 1.82) is 0 Å². The smallest absolute Gasteiger partial charge is 0.323 e. The van der Waals surface area contributed by atoms with Crippen LogP contribution in [-0.4, -0.2) is 11.1 Å². The zero-order valence-electron chi connectivity index (χ0n) is 11.8. The van der Waals surface area contributed by atoms with E-state index in [2.05, 4.69) is 10.6 Å². The lowest BCUT2D eigenvalue weighted by molar-refractivity contribution is 0.262. The lowest BCUT2D eigenvalue weighted by Gasteiger charge is -2.13. The molecule has 0 aliphatic carbocycles. The SMILES string of the molecule is Cc1ccc(NC(=O)Nc2c(C)cccc2C)c(O)c1. The topological polar surface area (TPSA) is 61.4 Å². The normalized spacial score (nSPS) is 10.2. The van der Waals surface area contributed by atoms with Crippen LogP contribution in [0.25, 0.3) is 0 Å². The molecule has 0 heterocycles. The van der Waals surface area contributed by atoms with E-state index in [1.807, 2.05) is 45.0 Å². The molecule has 3 N–H and O–H groups in total. The number of phenolic OH excluding ortho intramolecular Hbond substituents is 1. The maximum Gasteiger partial charge on any atom is 0.323 e. The summed E-state index contributed by atoms with van der Waals surface area (Å²) in [5.74, 6) is 0.0571. The number of amides is 2. The number of nitrogens with one attached hydrogen (secondary N) is 2. The van der Waals surface area contributed by atoms with E-state index >= 15 is 0 Å². The van der Waals surface area contributed by atoms with Crippen LogP contribution in [0.15, 0.2) is 36.4 Å². The van der Waals surface area contributed by atoms with Crippen LogP contribution < -0.4 is 10.6 Å². The third kappa shape index (κ3) is 3.09.